The zero-order valence-corrected chi connectivity index (χ0v) is 15.2. The minimum absolute atomic E-state index is 0.111. The fourth-order valence-electron chi connectivity index (χ4n) is 1.57. The van der Waals surface area contributed by atoms with E-state index in [0.717, 1.165) is 24.3 Å². The summed E-state index contributed by atoms with van der Waals surface area (Å²) in [5.74, 6) is 1.60. The van der Waals surface area contributed by atoms with Crippen LogP contribution >= 0.6 is 35.6 Å². The molecule has 0 heterocycles. The minimum Gasteiger partial charge on any atom is -0.361 e. The van der Waals surface area contributed by atoms with Crippen LogP contribution in [-0.2, 0) is 10.5 Å². The number of halogens is 1. The van der Waals surface area contributed by atoms with E-state index in [-0.39, 0.29) is 5.91 Å². The van der Waals surface area contributed by atoms with E-state index in [9.17, 15) is 4.79 Å². The quantitative estimate of drug-likeness (QED) is 0.516. The Morgan fingerprint density at radius 1 is 1.36 bits per heavy atom. The number of amides is 1. The Bertz CT molecular complexity index is 497. The molecule has 0 aromatic heterocycles. The van der Waals surface area contributed by atoms with Crippen LogP contribution in [0.1, 0.15) is 25.8 Å². The fraction of sp³-hybridized carbons (Fsp3) is 0.467. The number of hydrogen-bond acceptors (Lipinski definition) is 3. The molecule has 22 heavy (non-hydrogen) atoms. The zero-order chi connectivity index (χ0) is 16.4. The van der Waals surface area contributed by atoms with Crippen molar-refractivity contribution in [1.82, 2.24) is 16.2 Å². The summed E-state index contributed by atoms with van der Waals surface area (Å²) in [6, 6.07) is 7.63. The lowest BCUT2D eigenvalue weighted by Gasteiger charge is -2.12. The van der Waals surface area contributed by atoms with Gasteiger partial charge in [0.15, 0.2) is 5.11 Å². The lowest BCUT2D eigenvalue weighted by atomic mass is 10.1. The highest BCUT2D eigenvalue weighted by Gasteiger charge is 2.03. The van der Waals surface area contributed by atoms with Gasteiger partial charge in [0, 0.05) is 17.3 Å². The van der Waals surface area contributed by atoms with E-state index in [2.05, 4.69) is 30.0 Å². The van der Waals surface area contributed by atoms with E-state index >= 15 is 0 Å². The molecule has 0 radical (unpaired) electrons. The van der Waals surface area contributed by atoms with Crippen molar-refractivity contribution in [2.24, 2.45) is 5.92 Å². The highest BCUT2D eigenvalue weighted by atomic mass is 35.5. The van der Waals surface area contributed by atoms with Crippen LogP contribution in [0.15, 0.2) is 24.3 Å². The van der Waals surface area contributed by atoms with Crippen LogP contribution < -0.4 is 16.2 Å². The summed E-state index contributed by atoms with van der Waals surface area (Å²) in [5.41, 5.74) is 6.38. The first-order valence-electron chi connectivity index (χ1n) is 7.12. The number of thiocarbonyl (C=S) groups is 1. The summed E-state index contributed by atoms with van der Waals surface area (Å²) in [7, 11) is 0. The number of hydrazine groups is 1. The number of benzene rings is 1. The first-order valence-corrected chi connectivity index (χ1v) is 9.06. The van der Waals surface area contributed by atoms with Crippen LogP contribution in [0.4, 0.5) is 0 Å². The molecule has 0 aliphatic heterocycles. The van der Waals surface area contributed by atoms with Crippen molar-refractivity contribution in [2.75, 3.05) is 12.3 Å². The van der Waals surface area contributed by atoms with Gasteiger partial charge in [-0.05, 0) is 42.3 Å². The summed E-state index contributed by atoms with van der Waals surface area (Å²) >= 11 is 12.5. The monoisotopic (exact) mass is 359 g/mol. The molecule has 3 N–H and O–H groups in total. The summed E-state index contributed by atoms with van der Waals surface area (Å²) in [6.45, 7) is 5.09. The maximum atomic E-state index is 11.7. The van der Waals surface area contributed by atoms with E-state index < -0.39 is 0 Å². The third-order valence-electron chi connectivity index (χ3n) is 2.71. The van der Waals surface area contributed by atoms with E-state index in [1.54, 1.807) is 0 Å². The Balaban J connectivity index is 2.12. The Hall–Kier alpha value is -0.980. The number of carbonyl (C=O) groups excluding carboxylic acids is 1. The molecule has 0 atom stereocenters. The van der Waals surface area contributed by atoms with Gasteiger partial charge in [-0.2, -0.15) is 0 Å². The molecular formula is C15H22ClN3OS2. The van der Waals surface area contributed by atoms with Crippen molar-refractivity contribution >= 4 is 46.6 Å². The predicted octanol–water partition coefficient (Wildman–Crippen LogP) is 3.11. The second kappa shape index (κ2) is 10.7. The van der Waals surface area contributed by atoms with Gasteiger partial charge >= 0.3 is 0 Å². The van der Waals surface area contributed by atoms with E-state index in [4.69, 9.17) is 23.8 Å². The van der Waals surface area contributed by atoms with Gasteiger partial charge in [0.2, 0.25) is 5.91 Å². The number of carbonyl (C=O) groups is 1. The van der Waals surface area contributed by atoms with Crippen LogP contribution in [0.3, 0.4) is 0 Å². The lowest BCUT2D eigenvalue weighted by molar-refractivity contribution is -0.119. The van der Waals surface area contributed by atoms with Crippen molar-refractivity contribution in [3.63, 3.8) is 0 Å². The molecule has 1 aromatic carbocycles. The highest BCUT2D eigenvalue weighted by molar-refractivity contribution is 7.99. The summed E-state index contributed by atoms with van der Waals surface area (Å²) in [5, 5.41) is 4.19. The largest absolute Gasteiger partial charge is 0.361 e. The van der Waals surface area contributed by atoms with Gasteiger partial charge in [0.25, 0.3) is 0 Å². The smallest absolute Gasteiger partial charge is 0.248 e. The Morgan fingerprint density at radius 3 is 2.82 bits per heavy atom. The van der Waals surface area contributed by atoms with Gasteiger partial charge in [0.05, 0.1) is 5.75 Å². The zero-order valence-electron chi connectivity index (χ0n) is 12.8. The fourth-order valence-corrected chi connectivity index (χ4v) is 2.71. The maximum Gasteiger partial charge on any atom is 0.248 e. The van der Waals surface area contributed by atoms with Crippen LogP contribution in [0.2, 0.25) is 5.02 Å². The summed E-state index contributed by atoms with van der Waals surface area (Å²) in [6.07, 6.45) is 1.03. The molecule has 0 unspecified atom stereocenters. The van der Waals surface area contributed by atoms with Gasteiger partial charge in [-0.3, -0.25) is 15.6 Å². The van der Waals surface area contributed by atoms with E-state index in [0.29, 0.717) is 21.8 Å². The van der Waals surface area contributed by atoms with Gasteiger partial charge < -0.3 is 5.32 Å². The molecule has 0 aliphatic carbocycles. The molecule has 0 fully saturated rings. The molecule has 0 aliphatic rings. The van der Waals surface area contributed by atoms with Gasteiger partial charge in [-0.25, -0.2) is 0 Å². The SMILES string of the molecule is CC(C)CCNC(=S)NNC(=O)CSCc1cccc(Cl)c1. The number of hydrogen-bond donors (Lipinski definition) is 3. The summed E-state index contributed by atoms with van der Waals surface area (Å²) < 4.78 is 0. The Morgan fingerprint density at radius 2 is 2.14 bits per heavy atom. The van der Waals surface area contributed by atoms with Gasteiger partial charge in [-0.15, -0.1) is 11.8 Å². The number of nitrogens with one attached hydrogen (secondary N) is 3. The average molecular weight is 360 g/mol. The molecule has 0 saturated heterocycles. The molecule has 1 amide bonds. The molecule has 122 valence electrons. The van der Waals surface area contributed by atoms with Crippen LogP contribution in [-0.4, -0.2) is 23.3 Å². The molecule has 4 nitrogen and oxygen atoms in total. The first-order chi connectivity index (χ1) is 10.5. The van der Waals surface area contributed by atoms with Crippen LogP contribution in [0, 0.1) is 5.92 Å². The predicted molar refractivity (Wildman–Crippen MR) is 98.9 cm³/mol. The standard InChI is InChI=1S/C15H22ClN3OS2/c1-11(2)6-7-17-15(21)19-18-14(20)10-22-9-12-4-3-5-13(16)8-12/h3-5,8,11H,6-7,9-10H2,1-2H3,(H,18,20)(H2,17,19,21). The molecular weight excluding hydrogens is 338 g/mol. The van der Waals surface area contributed by atoms with Crippen molar-refractivity contribution in [3.8, 4) is 0 Å². The number of thioether (sulfide) groups is 1. The Labute approximate surface area is 146 Å². The maximum absolute atomic E-state index is 11.7. The van der Waals surface area contributed by atoms with Crippen molar-refractivity contribution < 1.29 is 4.79 Å². The molecule has 0 bridgehead atoms. The third kappa shape index (κ3) is 9.12. The molecule has 1 rings (SSSR count). The molecule has 0 saturated carbocycles. The minimum atomic E-state index is -0.111. The Kier molecular flexibility index (Phi) is 9.27. The normalized spacial score (nSPS) is 10.4. The van der Waals surface area contributed by atoms with Gasteiger partial charge in [0.1, 0.15) is 0 Å². The summed E-state index contributed by atoms with van der Waals surface area (Å²) in [4.78, 5) is 11.7. The van der Waals surface area contributed by atoms with Crippen molar-refractivity contribution in [1.29, 1.82) is 0 Å². The van der Waals surface area contributed by atoms with E-state index in [1.807, 2.05) is 24.3 Å². The van der Waals surface area contributed by atoms with E-state index in [1.165, 1.54) is 11.8 Å². The van der Waals surface area contributed by atoms with Crippen molar-refractivity contribution in [3.05, 3.63) is 34.9 Å². The third-order valence-corrected chi connectivity index (χ3v) is 4.20. The lowest BCUT2D eigenvalue weighted by Crippen LogP contribution is -2.47. The van der Waals surface area contributed by atoms with Gasteiger partial charge in [-0.1, -0.05) is 37.6 Å². The second-order valence-electron chi connectivity index (χ2n) is 5.23. The average Bonchev–Trinajstić information content (AvgIpc) is 2.45. The van der Waals surface area contributed by atoms with Crippen LogP contribution in [0.25, 0.3) is 0 Å². The second-order valence-corrected chi connectivity index (χ2v) is 7.06. The highest BCUT2D eigenvalue weighted by Crippen LogP contribution is 2.16. The molecule has 7 heteroatoms. The first kappa shape index (κ1) is 19.1. The van der Waals surface area contributed by atoms with Crippen molar-refractivity contribution in [2.45, 2.75) is 26.0 Å². The topological polar surface area (TPSA) is 53.2 Å². The number of rotatable bonds is 7. The molecule has 1 aromatic rings. The molecule has 0 spiro atoms. The van der Waals surface area contributed by atoms with Crippen LogP contribution in [0.5, 0.6) is 0 Å².